The van der Waals surface area contributed by atoms with Crippen molar-refractivity contribution in [1.82, 2.24) is 5.32 Å². The Labute approximate surface area is 224 Å². The van der Waals surface area contributed by atoms with Gasteiger partial charge in [-0.25, -0.2) is 26.0 Å². The Kier molecular flexibility index (Phi) is 7.79. The summed E-state index contributed by atoms with van der Waals surface area (Å²) in [6.07, 6.45) is -2.20. The number of nitrogens with zero attached hydrogens (tertiary/aromatic N) is 1. The molecule has 0 aromatic heterocycles. The van der Waals surface area contributed by atoms with Crippen molar-refractivity contribution in [2.24, 2.45) is 0 Å². The van der Waals surface area contributed by atoms with Crippen LogP contribution in [0.5, 0.6) is 5.75 Å². The minimum absolute atomic E-state index is 0.0564. The number of hydrogen-bond acceptors (Lipinski definition) is 7. The number of benzene rings is 3. The van der Waals surface area contributed by atoms with Crippen molar-refractivity contribution < 1.29 is 40.7 Å². The highest BCUT2D eigenvalue weighted by Gasteiger charge is 2.35. The molecule has 1 heterocycles. The lowest BCUT2D eigenvalue weighted by Gasteiger charge is -2.35. The van der Waals surface area contributed by atoms with Gasteiger partial charge in [0.25, 0.3) is 15.9 Å². The van der Waals surface area contributed by atoms with Crippen LogP contribution in [0, 0.1) is 5.82 Å². The standard InChI is InChI=1S/C25H24FN3O8S2/c1-2-38(33,34)20-8-3-16(4-9-20)24(30)27-14-19-15-29(39(35,36)21-10-5-17(26)6-11-21)22-13-18(28-25(31)32)7-12-23(22)37-19/h3-13,19,28H,2,14-15H2,1H3,(H,27,30)(H,31,32). The molecule has 1 unspecified atom stereocenters. The van der Waals surface area contributed by atoms with Crippen LogP contribution >= 0.6 is 0 Å². The summed E-state index contributed by atoms with van der Waals surface area (Å²) in [5.41, 5.74) is 0.353. The van der Waals surface area contributed by atoms with Gasteiger partial charge in [-0.2, -0.15) is 0 Å². The van der Waals surface area contributed by atoms with Crippen LogP contribution in [0.2, 0.25) is 0 Å². The minimum Gasteiger partial charge on any atom is -0.484 e. The molecule has 3 aromatic rings. The third kappa shape index (κ3) is 6.12. The van der Waals surface area contributed by atoms with Crippen LogP contribution < -0.4 is 19.7 Å². The molecule has 3 aromatic carbocycles. The molecule has 0 fully saturated rings. The molecule has 1 aliphatic heterocycles. The zero-order valence-corrected chi connectivity index (χ0v) is 22.1. The average molecular weight is 578 g/mol. The summed E-state index contributed by atoms with van der Waals surface area (Å²) in [6.45, 7) is 1.15. The smallest absolute Gasteiger partial charge is 0.409 e. The lowest BCUT2D eigenvalue weighted by Crippen LogP contribution is -2.48. The molecule has 2 amide bonds. The van der Waals surface area contributed by atoms with Crippen molar-refractivity contribution in [3.05, 3.63) is 78.1 Å². The number of amides is 2. The summed E-state index contributed by atoms with van der Waals surface area (Å²) >= 11 is 0. The molecule has 11 nitrogen and oxygen atoms in total. The number of ether oxygens (including phenoxy) is 1. The summed E-state index contributed by atoms with van der Waals surface area (Å²) in [7, 11) is -7.67. The number of rotatable bonds is 8. The molecule has 4 rings (SSSR count). The van der Waals surface area contributed by atoms with E-state index < -0.39 is 43.8 Å². The van der Waals surface area contributed by atoms with Crippen molar-refractivity contribution in [2.45, 2.75) is 22.8 Å². The van der Waals surface area contributed by atoms with Crippen LogP contribution in [0.15, 0.2) is 76.5 Å². The zero-order valence-electron chi connectivity index (χ0n) is 20.5. The van der Waals surface area contributed by atoms with Gasteiger partial charge in [0.1, 0.15) is 17.7 Å². The molecule has 0 bridgehead atoms. The topological polar surface area (TPSA) is 159 Å². The van der Waals surface area contributed by atoms with E-state index in [4.69, 9.17) is 9.84 Å². The Bertz CT molecular complexity index is 1610. The first-order valence-electron chi connectivity index (χ1n) is 11.6. The normalized spacial score (nSPS) is 15.1. The van der Waals surface area contributed by atoms with Gasteiger partial charge in [-0.1, -0.05) is 6.92 Å². The molecule has 1 aliphatic rings. The fourth-order valence-electron chi connectivity index (χ4n) is 3.87. The first kappa shape index (κ1) is 27.9. The maximum atomic E-state index is 13.5. The summed E-state index contributed by atoms with van der Waals surface area (Å²) < 4.78 is 71.4. The largest absolute Gasteiger partial charge is 0.484 e. The van der Waals surface area contributed by atoms with Crippen LogP contribution in [-0.2, 0) is 19.9 Å². The predicted octanol–water partition coefficient (Wildman–Crippen LogP) is 3.10. The van der Waals surface area contributed by atoms with Gasteiger partial charge in [-0.15, -0.1) is 0 Å². The van der Waals surface area contributed by atoms with Gasteiger partial charge < -0.3 is 15.2 Å². The number of carbonyl (C=O) groups is 2. The Morgan fingerprint density at radius 2 is 1.64 bits per heavy atom. The number of anilines is 2. The van der Waals surface area contributed by atoms with Gasteiger partial charge in [-0.3, -0.25) is 14.4 Å². The minimum atomic E-state index is -4.24. The van der Waals surface area contributed by atoms with Crippen LogP contribution in [0.1, 0.15) is 17.3 Å². The van der Waals surface area contributed by atoms with Gasteiger partial charge >= 0.3 is 6.09 Å². The predicted molar refractivity (Wildman–Crippen MR) is 140 cm³/mol. The van der Waals surface area contributed by atoms with Gasteiger partial charge in [-0.05, 0) is 66.7 Å². The first-order chi connectivity index (χ1) is 18.4. The van der Waals surface area contributed by atoms with Gasteiger partial charge in [0, 0.05) is 11.3 Å². The number of halogens is 1. The average Bonchev–Trinajstić information content (AvgIpc) is 2.91. The second-order valence-corrected chi connectivity index (χ2v) is 12.6. The second-order valence-electron chi connectivity index (χ2n) is 8.48. The first-order valence-corrected chi connectivity index (χ1v) is 14.7. The Balaban J connectivity index is 1.58. The number of hydrogen-bond donors (Lipinski definition) is 3. The van der Waals surface area contributed by atoms with Gasteiger partial charge in [0.2, 0.25) is 0 Å². The Morgan fingerprint density at radius 1 is 1.00 bits per heavy atom. The molecule has 1 atom stereocenters. The van der Waals surface area contributed by atoms with Crippen LogP contribution in [0.25, 0.3) is 0 Å². The molecule has 0 aliphatic carbocycles. The van der Waals surface area contributed by atoms with Crippen LogP contribution in [0.3, 0.4) is 0 Å². The third-order valence-corrected chi connectivity index (χ3v) is 9.43. The Morgan fingerprint density at radius 3 is 2.26 bits per heavy atom. The number of carboxylic acid groups (broad SMARTS) is 1. The zero-order chi connectivity index (χ0) is 28.4. The van der Waals surface area contributed by atoms with E-state index >= 15 is 0 Å². The highest BCUT2D eigenvalue weighted by Crippen LogP contribution is 2.39. The maximum Gasteiger partial charge on any atom is 0.409 e. The van der Waals surface area contributed by atoms with Crippen molar-refractivity contribution in [3.8, 4) is 5.75 Å². The molecule has 206 valence electrons. The van der Waals surface area contributed by atoms with E-state index in [0.29, 0.717) is 0 Å². The van der Waals surface area contributed by atoms with Gasteiger partial charge in [0.05, 0.1) is 34.3 Å². The Hall–Kier alpha value is -4.17. The van der Waals surface area contributed by atoms with Crippen molar-refractivity contribution in [2.75, 3.05) is 28.5 Å². The van der Waals surface area contributed by atoms with E-state index in [1.165, 1.54) is 49.4 Å². The number of sulfone groups is 1. The SMILES string of the molecule is CCS(=O)(=O)c1ccc(C(=O)NCC2CN(S(=O)(=O)c3ccc(F)cc3)c3cc(NC(=O)O)ccc3O2)cc1. The molecule has 0 saturated heterocycles. The van der Waals surface area contributed by atoms with Crippen LogP contribution in [0.4, 0.5) is 20.6 Å². The van der Waals surface area contributed by atoms with E-state index in [-0.39, 0.29) is 51.3 Å². The van der Waals surface area contributed by atoms with Crippen molar-refractivity contribution in [3.63, 3.8) is 0 Å². The second kappa shape index (κ2) is 10.9. The molecular weight excluding hydrogens is 553 g/mol. The highest BCUT2D eigenvalue weighted by atomic mass is 32.2. The third-order valence-electron chi connectivity index (χ3n) is 5.89. The number of sulfonamides is 1. The van der Waals surface area contributed by atoms with E-state index in [0.717, 1.165) is 28.6 Å². The van der Waals surface area contributed by atoms with Gasteiger partial charge in [0.15, 0.2) is 9.84 Å². The monoisotopic (exact) mass is 577 g/mol. The van der Waals surface area contributed by atoms with Crippen molar-refractivity contribution >= 4 is 43.2 Å². The van der Waals surface area contributed by atoms with E-state index in [1.807, 2.05) is 0 Å². The molecule has 0 saturated carbocycles. The molecular formula is C25H24FN3O8S2. The summed E-state index contributed by atoms with van der Waals surface area (Å²) in [6, 6.07) is 13.7. The van der Waals surface area contributed by atoms with E-state index in [1.54, 1.807) is 0 Å². The van der Waals surface area contributed by atoms with E-state index in [9.17, 15) is 30.8 Å². The maximum absolute atomic E-state index is 13.5. The molecule has 39 heavy (non-hydrogen) atoms. The fraction of sp³-hybridized carbons (Fsp3) is 0.200. The molecule has 0 radical (unpaired) electrons. The fourth-order valence-corrected chi connectivity index (χ4v) is 6.25. The summed E-state index contributed by atoms with van der Waals surface area (Å²) in [4.78, 5) is 23.7. The number of fused-ring (bicyclic) bond motifs is 1. The molecule has 3 N–H and O–H groups in total. The molecule has 14 heteroatoms. The lowest BCUT2D eigenvalue weighted by atomic mass is 10.2. The highest BCUT2D eigenvalue weighted by molar-refractivity contribution is 7.93. The molecule has 0 spiro atoms. The van der Waals surface area contributed by atoms with Crippen LogP contribution in [-0.4, -0.2) is 58.9 Å². The lowest BCUT2D eigenvalue weighted by molar-refractivity contribution is 0.0927. The summed E-state index contributed by atoms with van der Waals surface area (Å²) in [5, 5.41) is 13.9. The van der Waals surface area contributed by atoms with Crippen molar-refractivity contribution in [1.29, 1.82) is 0 Å². The number of nitrogens with one attached hydrogen (secondary N) is 2. The quantitative estimate of drug-likeness (QED) is 0.368. The number of carbonyl (C=O) groups excluding carboxylic acids is 1. The van der Waals surface area contributed by atoms with E-state index in [2.05, 4.69) is 10.6 Å². The summed E-state index contributed by atoms with van der Waals surface area (Å²) in [5.74, 6) is -1.11.